The molecule has 10 heteroatoms. The van der Waals surface area contributed by atoms with Crippen LogP contribution in [-0.4, -0.2) is 21.9 Å². The van der Waals surface area contributed by atoms with Crippen LogP contribution < -0.4 is 4.74 Å². The number of nitrogens with zero attached hydrogens (tertiary/aromatic N) is 3. The average molecular weight is 293 g/mol. The molecular formula is C11H7N3O7. The minimum absolute atomic E-state index is 0.0624. The average Bonchev–Trinajstić information content (AvgIpc) is 2.43. The van der Waals surface area contributed by atoms with Crippen LogP contribution in [0.25, 0.3) is 10.8 Å². The third kappa shape index (κ3) is 2.18. The van der Waals surface area contributed by atoms with Crippen LogP contribution in [0.15, 0.2) is 24.3 Å². The van der Waals surface area contributed by atoms with Crippen molar-refractivity contribution in [2.45, 2.75) is 0 Å². The zero-order valence-corrected chi connectivity index (χ0v) is 10.5. The van der Waals surface area contributed by atoms with Crippen molar-refractivity contribution in [2.75, 3.05) is 7.11 Å². The maximum atomic E-state index is 11.1. The number of rotatable bonds is 4. The molecule has 0 fully saturated rings. The second-order valence-corrected chi connectivity index (χ2v) is 3.92. The molecule has 2 rings (SSSR count). The maximum absolute atomic E-state index is 11.1. The van der Waals surface area contributed by atoms with Crippen molar-refractivity contribution in [3.8, 4) is 5.75 Å². The molecule has 2 aromatic rings. The minimum Gasteiger partial charge on any atom is -0.490 e. The van der Waals surface area contributed by atoms with Gasteiger partial charge in [-0.1, -0.05) is 6.07 Å². The highest BCUT2D eigenvalue weighted by Gasteiger charge is 2.31. The Morgan fingerprint density at radius 2 is 1.48 bits per heavy atom. The summed E-state index contributed by atoms with van der Waals surface area (Å²) in [5.41, 5.74) is -1.87. The second-order valence-electron chi connectivity index (χ2n) is 3.92. The van der Waals surface area contributed by atoms with E-state index < -0.39 is 31.8 Å². The van der Waals surface area contributed by atoms with E-state index in [-0.39, 0.29) is 16.5 Å². The lowest BCUT2D eigenvalue weighted by Gasteiger charge is -2.07. The lowest BCUT2D eigenvalue weighted by molar-refractivity contribution is -0.395. The van der Waals surface area contributed by atoms with Crippen molar-refractivity contribution in [3.63, 3.8) is 0 Å². The summed E-state index contributed by atoms with van der Waals surface area (Å²) in [5, 5.41) is 32.7. The van der Waals surface area contributed by atoms with Gasteiger partial charge in [0.25, 0.3) is 11.4 Å². The topological polar surface area (TPSA) is 139 Å². The van der Waals surface area contributed by atoms with Gasteiger partial charge in [-0.25, -0.2) is 0 Å². The highest BCUT2D eigenvalue weighted by atomic mass is 16.6. The van der Waals surface area contributed by atoms with E-state index in [1.165, 1.54) is 12.1 Å². The summed E-state index contributed by atoms with van der Waals surface area (Å²) in [6.45, 7) is 0. The molecule has 0 atom stereocenters. The van der Waals surface area contributed by atoms with Crippen LogP contribution in [0, 0.1) is 30.3 Å². The molecule has 10 nitrogen and oxygen atoms in total. The van der Waals surface area contributed by atoms with Crippen molar-refractivity contribution in [2.24, 2.45) is 0 Å². The minimum atomic E-state index is -0.901. The Labute approximate surface area is 116 Å². The van der Waals surface area contributed by atoms with Gasteiger partial charge in [0.05, 0.1) is 27.9 Å². The van der Waals surface area contributed by atoms with Crippen molar-refractivity contribution >= 4 is 27.8 Å². The predicted molar refractivity (Wildman–Crippen MR) is 70.5 cm³/mol. The highest BCUT2D eigenvalue weighted by Crippen LogP contribution is 2.44. The van der Waals surface area contributed by atoms with Gasteiger partial charge in [-0.3, -0.25) is 30.3 Å². The van der Waals surface area contributed by atoms with Crippen molar-refractivity contribution in [1.29, 1.82) is 0 Å². The third-order valence-electron chi connectivity index (χ3n) is 2.84. The first kappa shape index (κ1) is 14.1. The number of ether oxygens (including phenoxy) is 1. The largest absolute Gasteiger partial charge is 0.490 e. The molecule has 108 valence electrons. The van der Waals surface area contributed by atoms with Gasteiger partial charge >= 0.3 is 5.69 Å². The number of hydrogen-bond acceptors (Lipinski definition) is 7. The normalized spacial score (nSPS) is 10.3. The zero-order valence-electron chi connectivity index (χ0n) is 10.5. The van der Waals surface area contributed by atoms with Crippen LogP contribution in [0.2, 0.25) is 0 Å². The van der Waals surface area contributed by atoms with Crippen LogP contribution in [-0.2, 0) is 0 Å². The number of nitro benzene ring substituents is 3. The lowest BCUT2D eigenvalue weighted by atomic mass is 10.0. The van der Waals surface area contributed by atoms with E-state index >= 15 is 0 Å². The first-order valence-electron chi connectivity index (χ1n) is 5.45. The van der Waals surface area contributed by atoms with E-state index in [2.05, 4.69) is 0 Å². The van der Waals surface area contributed by atoms with Gasteiger partial charge in [0, 0.05) is 11.5 Å². The molecule has 0 radical (unpaired) electrons. The Hall–Kier alpha value is -3.30. The van der Waals surface area contributed by atoms with E-state index in [0.717, 1.165) is 13.2 Å². The Morgan fingerprint density at radius 1 is 0.905 bits per heavy atom. The van der Waals surface area contributed by atoms with Gasteiger partial charge < -0.3 is 4.74 Å². The summed E-state index contributed by atoms with van der Waals surface area (Å²) in [7, 11) is 1.15. The quantitative estimate of drug-likeness (QED) is 0.623. The first-order chi connectivity index (χ1) is 9.88. The fourth-order valence-electron chi connectivity index (χ4n) is 2.05. The summed E-state index contributed by atoms with van der Waals surface area (Å²) in [6, 6.07) is 4.31. The van der Waals surface area contributed by atoms with Crippen molar-refractivity contribution in [3.05, 3.63) is 54.6 Å². The molecule has 0 N–H and O–H groups in total. The molecule has 0 bridgehead atoms. The number of fused-ring (bicyclic) bond motifs is 1. The van der Waals surface area contributed by atoms with Crippen LogP contribution in [0.3, 0.4) is 0 Å². The van der Waals surface area contributed by atoms with Gasteiger partial charge in [-0.15, -0.1) is 0 Å². The van der Waals surface area contributed by atoms with Crippen LogP contribution in [0.5, 0.6) is 5.75 Å². The zero-order chi connectivity index (χ0) is 15.7. The van der Waals surface area contributed by atoms with Gasteiger partial charge in [-0.05, 0) is 6.07 Å². The van der Waals surface area contributed by atoms with Crippen LogP contribution in [0.4, 0.5) is 17.1 Å². The van der Waals surface area contributed by atoms with Gasteiger partial charge in [0.2, 0.25) is 5.75 Å². The fraction of sp³-hybridized carbons (Fsp3) is 0.0909. The molecule has 0 heterocycles. The monoisotopic (exact) mass is 293 g/mol. The van der Waals surface area contributed by atoms with Crippen molar-refractivity contribution < 1.29 is 19.5 Å². The number of non-ortho nitro benzene ring substituents is 2. The number of methoxy groups -OCH3 is 1. The molecule has 0 unspecified atom stereocenters. The highest BCUT2D eigenvalue weighted by molar-refractivity contribution is 6.04. The SMILES string of the molecule is COc1c([N+](=O)[O-])cc([N+](=O)[O-])c2c([N+](=O)[O-])cccc12. The molecule has 2 aromatic carbocycles. The summed E-state index contributed by atoms with van der Waals surface area (Å²) >= 11 is 0. The first-order valence-corrected chi connectivity index (χ1v) is 5.45. The van der Waals surface area contributed by atoms with Gasteiger partial charge in [-0.2, -0.15) is 0 Å². The van der Waals surface area contributed by atoms with Gasteiger partial charge in [0.1, 0.15) is 5.39 Å². The second kappa shape index (κ2) is 5.00. The molecule has 0 spiro atoms. The summed E-state index contributed by atoms with van der Waals surface area (Å²) in [6.07, 6.45) is 0. The molecule has 0 aromatic heterocycles. The molecule has 21 heavy (non-hydrogen) atoms. The Kier molecular flexibility index (Phi) is 3.36. The molecule has 0 aliphatic carbocycles. The third-order valence-corrected chi connectivity index (χ3v) is 2.84. The Bertz CT molecular complexity index is 787. The van der Waals surface area contributed by atoms with E-state index in [1.54, 1.807) is 0 Å². The van der Waals surface area contributed by atoms with E-state index in [4.69, 9.17) is 4.74 Å². The van der Waals surface area contributed by atoms with Crippen molar-refractivity contribution in [1.82, 2.24) is 0 Å². The molecule has 0 aliphatic heterocycles. The Morgan fingerprint density at radius 3 is 1.95 bits per heavy atom. The summed E-state index contributed by atoms with van der Waals surface area (Å²) < 4.78 is 4.90. The number of nitro groups is 3. The van der Waals surface area contributed by atoms with Crippen LogP contribution >= 0.6 is 0 Å². The van der Waals surface area contributed by atoms with E-state index in [1.807, 2.05) is 0 Å². The maximum Gasteiger partial charge on any atom is 0.318 e. The van der Waals surface area contributed by atoms with E-state index in [0.29, 0.717) is 6.07 Å². The fourth-order valence-corrected chi connectivity index (χ4v) is 2.05. The smallest absolute Gasteiger partial charge is 0.318 e. The van der Waals surface area contributed by atoms with Crippen LogP contribution in [0.1, 0.15) is 0 Å². The Balaban J connectivity index is 3.08. The number of benzene rings is 2. The summed E-state index contributed by atoms with van der Waals surface area (Å²) in [5.74, 6) is -0.260. The molecule has 0 amide bonds. The molecule has 0 saturated heterocycles. The molecule has 0 aliphatic rings. The molecular weight excluding hydrogens is 286 g/mol. The lowest BCUT2D eigenvalue weighted by Crippen LogP contribution is -2.00. The molecule has 0 saturated carbocycles. The predicted octanol–water partition coefficient (Wildman–Crippen LogP) is 2.57. The number of hydrogen-bond donors (Lipinski definition) is 0. The van der Waals surface area contributed by atoms with Gasteiger partial charge in [0.15, 0.2) is 0 Å². The van der Waals surface area contributed by atoms with E-state index in [9.17, 15) is 30.3 Å². The standard InChI is InChI=1S/C11H7N3O7/c1-21-11-6-3-2-4-7(12(15)16)10(6)8(13(17)18)5-9(11)14(19)20/h2-5H,1H3. The summed E-state index contributed by atoms with van der Waals surface area (Å²) in [4.78, 5) is 30.6.